The van der Waals surface area contributed by atoms with E-state index in [9.17, 15) is 28.7 Å². The molecule has 2 aliphatic carbocycles. The van der Waals surface area contributed by atoms with Crippen LogP contribution in [0.4, 0.5) is 15.8 Å². The van der Waals surface area contributed by atoms with Gasteiger partial charge in [-0.1, -0.05) is 53.6 Å². The number of phenols is 1. The van der Waals surface area contributed by atoms with Gasteiger partial charge in [0.25, 0.3) is 0 Å². The van der Waals surface area contributed by atoms with Gasteiger partial charge in [-0.25, -0.2) is 9.29 Å². The van der Waals surface area contributed by atoms with Crippen molar-refractivity contribution in [2.45, 2.75) is 25.7 Å². The van der Waals surface area contributed by atoms with E-state index in [0.29, 0.717) is 17.5 Å². The molecule has 10 heteroatoms. The van der Waals surface area contributed by atoms with Gasteiger partial charge in [0.05, 0.1) is 39.6 Å². The summed E-state index contributed by atoms with van der Waals surface area (Å²) in [5, 5.41) is 11.9. The fraction of sp³-hybridized carbons (Fsp3) is 0.243. The summed E-state index contributed by atoms with van der Waals surface area (Å²) in [5.74, 6) is -5.41. The van der Waals surface area contributed by atoms with E-state index < -0.39 is 52.6 Å². The molecular formula is C37H27ClFIN2O5. The molecule has 236 valence electrons. The van der Waals surface area contributed by atoms with Gasteiger partial charge in [-0.05, 0) is 108 Å². The fourth-order valence-corrected chi connectivity index (χ4v) is 9.17. The molecule has 0 aromatic heterocycles. The van der Waals surface area contributed by atoms with Gasteiger partial charge in [-0.3, -0.25) is 24.1 Å². The zero-order valence-corrected chi connectivity index (χ0v) is 27.9. The molecule has 3 fully saturated rings. The minimum absolute atomic E-state index is 0.0808. The molecule has 4 aromatic rings. The van der Waals surface area contributed by atoms with Gasteiger partial charge in [0.1, 0.15) is 11.6 Å². The van der Waals surface area contributed by atoms with Crippen molar-refractivity contribution >= 4 is 80.0 Å². The Morgan fingerprint density at radius 3 is 2.28 bits per heavy atom. The average Bonchev–Trinajstić information content (AvgIpc) is 3.43. The van der Waals surface area contributed by atoms with Crippen molar-refractivity contribution in [2.75, 3.05) is 9.80 Å². The zero-order chi connectivity index (χ0) is 32.9. The van der Waals surface area contributed by atoms with E-state index in [0.717, 1.165) is 31.1 Å². The highest BCUT2D eigenvalue weighted by Gasteiger charge is 2.67. The molecule has 2 aliphatic heterocycles. The number of aromatic hydroxyl groups is 1. The lowest BCUT2D eigenvalue weighted by Crippen LogP contribution is -2.49. The predicted molar refractivity (Wildman–Crippen MR) is 183 cm³/mol. The van der Waals surface area contributed by atoms with Crippen LogP contribution < -0.4 is 9.80 Å². The lowest BCUT2D eigenvalue weighted by Gasteiger charge is -2.49. The largest absolute Gasteiger partial charge is 0.507 e. The Morgan fingerprint density at radius 2 is 1.55 bits per heavy atom. The van der Waals surface area contributed by atoms with Crippen LogP contribution in [0.5, 0.6) is 5.75 Å². The number of amides is 4. The van der Waals surface area contributed by atoms with Crippen molar-refractivity contribution in [1.82, 2.24) is 0 Å². The third-order valence-corrected chi connectivity index (χ3v) is 11.8. The lowest BCUT2D eigenvalue weighted by atomic mass is 9.51. The second-order valence-corrected chi connectivity index (χ2v) is 14.6. The second-order valence-electron chi connectivity index (χ2n) is 13.0. The van der Waals surface area contributed by atoms with Gasteiger partial charge in [0.15, 0.2) is 0 Å². The summed E-state index contributed by atoms with van der Waals surface area (Å²) in [5.41, 5.74) is 0.958. The van der Waals surface area contributed by atoms with Gasteiger partial charge in [-0.15, -0.1) is 0 Å². The molecule has 2 saturated heterocycles. The van der Waals surface area contributed by atoms with Gasteiger partial charge in [-0.2, -0.15) is 0 Å². The van der Waals surface area contributed by atoms with E-state index in [-0.39, 0.29) is 34.7 Å². The molecule has 4 aliphatic rings. The SMILES string of the molecule is C[C@@]12C(=O)N(c3ccc(F)c(Cl)c3)C(=O)[C@@H]1C[C@@H]1C(=CC[C@@H]3C(=O)N(c4ccc(I)cc4)C(=O)[C@@H]31)[C@@H]2c1ccc(O)c2ccccc12. The van der Waals surface area contributed by atoms with Gasteiger partial charge < -0.3 is 5.11 Å². The third kappa shape index (κ3) is 4.21. The molecule has 4 amide bonds. The molecule has 1 N–H and O–H groups in total. The smallest absolute Gasteiger partial charge is 0.241 e. The molecule has 7 nitrogen and oxygen atoms in total. The van der Waals surface area contributed by atoms with Crippen LogP contribution in [0, 0.1) is 38.5 Å². The quantitative estimate of drug-likeness (QED) is 0.134. The molecule has 0 bridgehead atoms. The number of anilines is 2. The Labute approximate surface area is 288 Å². The number of carbonyl (C=O) groups is 4. The lowest BCUT2D eigenvalue weighted by molar-refractivity contribution is -0.131. The Morgan fingerprint density at radius 1 is 0.851 bits per heavy atom. The van der Waals surface area contributed by atoms with Crippen molar-refractivity contribution in [2.24, 2.45) is 29.1 Å². The number of halogens is 3. The third-order valence-electron chi connectivity index (χ3n) is 10.8. The number of rotatable bonds is 3. The van der Waals surface area contributed by atoms with Crippen LogP contribution in [-0.2, 0) is 19.2 Å². The maximum atomic E-state index is 14.7. The molecule has 6 atom stereocenters. The second kappa shape index (κ2) is 10.7. The van der Waals surface area contributed by atoms with Gasteiger partial charge in [0.2, 0.25) is 23.6 Å². The maximum Gasteiger partial charge on any atom is 0.241 e. The molecule has 2 heterocycles. The topological polar surface area (TPSA) is 95.0 Å². The number of benzene rings is 4. The number of allylic oxidation sites excluding steroid dienone is 2. The summed E-state index contributed by atoms with van der Waals surface area (Å²) in [6.07, 6.45) is 2.50. The van der Waals surface area contributed by atoms with E-state index in [1.165, 1.54) is 17.0 Å². The van der Waals surface area contributed by atoms with Gasteiger partial charge in [0, 0.05) is 14.9 Å². The van der Waals surface area contributed by atoms with Crippen molar-refractivity contribution in [1.29, 1.82) is 0 Å². The molecule has 8 rings (SSSR count). The Kier molecular flexibility index (Phi) is 6.90. The summed E-state index contributed by atoms with van der Waals surface area (Å²) in [7, 11) is 0. The van der Waals surface area contributed by atoms with Crippen molar-refractivity contribution in [3.63, 3.8) is 0 Å². The molecule has 0 unspecified atom stereocenters. The summed E-state index contributed by atoms with van der Waals surface area (Å²) >= 11 is 8.28. The van der Waals surface area contributed by atoms with Crippen LogP contribution in [0.2, 0.25) is 5.02 Å². The van der Waals surface area contributed by atoms with Crippen LogP contribution in [0.1, 0.15) is 31.2 Å². The Balaban J connectivity index is 1.31. The number of phenolic OH excluding ortho intramolecular Hbond substituents is 1. The van der Waals surface area contributed by atoms with E-state index in [4.69, 9.17) is 11.6 Å². The first kappa shape index (κ1) is 30.3. The minimum Gasteiger partial charge on any atom is -0.507 e. The van der Waals surface area contributed by atoms with Crippen molar-refractivity contribution in [3.8, 4) is 5.75 Å². The van der Waals surface area contributed by atoms with E-state index in [1.54, 1.807) is 37.3 Å². The normalized spacial score (nSPS) is 28.4. The van der Waals surface area contributed by atoms with E-state index in [2.05, 4.69) is 22.6 Å². The predicted octanol–water partition coefficient (Wildman–Crippen LogP) is 7.38. The highest BCUT2D eigenvalue weighted by molar-refractivity contribution is 14.1. The number of imide groups is 2. The standard InChI is InChI=1S/C37H27ClFIN2O5/c1-37-27(34(45)42(36(37)47)20-10-14-29(39)28(38)16-20)17-26-24(32(37)23-13-15-30(43)22-5-3-2-4-21(22)23)11-12-25-31(26)35(46)41(33(25)44)19-8-6-18(40)7-9-19/h2-11,13-16,25-27,31-32,43H,12,17H2,1H3/t25-,26+,27-,31-,32-,37+/m0/s1. The highest BCUT2D eigenvalue weighted by atomic mass is 127. The summed E-state index contributed by atoms with van der Waals surface area (Å²) in [6.45, 7) is 1.79. The van der Waals surface area contributed by atoms with Crippen molar-refractivity contribution in [3.05, 3.63) is 110 Å². The Hall–Kier alpha value is -4.09. The first-order valence-electron chi connectivity index (χ1n) is 15.4. The summed E-state index contributed by atoms with van der Waals surface area (Å²) < 4.78 is 15.1. The molecule has 47 heavy (non-hydrogen) atoms. The van der Waals surface area contributed by atoms with Crippen LogP contribution >= 0.6 is 34.2 Å². The molecule has 0 radical (unpaired) electrons. The number of nitrogens with zero attached hydrogens (tertiary/aromatic N) is 2. The molecule has 0 spiro atoms. The molecular weight excluding hydrogens is 734 g/mol. The van der Waals surface area contributed by atoms with Crippen LogP contribution in [0.15, 0.2) is 90.5 Å². The van der Waals surface area contributed by atoms with E-state index in [1.807, 2.05) is 36.4 Å². The first-order valence-corrected chi connectivity index (χ1v) is 16.9. The zero-order valence-electron chi connectivity index (χ0n) is 25.0. The Bertz CT molecular complexity index is 2100. The first-order chi connectivity index (χ1) is 22.5. The molecule has 1 saturated carbocycles. The minimum atomic E-state index is -1.30. The maximum absolute atomic E-state index is 14.7. The average molecular weight is 761 g/mol. The fourth-order valence-electron chi connectivity index (χ4n) is 8.63. The summed E-state index contributed by atoms with van der Waals surface area (Å²) in [4.78, 5) is 59.6. The van der Waals surface area contributed by atoms with E-state index >= 15 is 0 Å². The number of hydrogen-bond donors (Lipinski definition) is 1. The van der Waals surface area contributed by atoms with Crippen LogP contribution in [0.3, 0.4) is 0 Å². The number of carbonyl (C=O) groups excluding carboxylic acids is 4. The highest BCUT2D eigenvalue weighted by Crippen LogP contribution is 2.64. The monoisotopic (exact) mass is 760 g/mol. The summed E-state index contributed by atoms with van der Waals surface area (Å²) in [6, 6.07) is 21.7. The number of hydrogen-bond acceptors (Lipinski definition) is 5. The van der Waals surface area contributed by atoms with Crippen LogP contribution in [-0.4, -0.2) is 28.7 Å². The van der Waals surface area contributed by atoms with Crippen LogP contribution in [0.25, 0.3) is 10.8 Å². The van der Waals surface area contributed by atoms with Crippen molar-refractivity contribution < 1.29 is 28.7 Å². The number of fused-ring (bicyclic) bond motifs is 5. The van der Waals surface area contributed by atoms with Gasteiger partial charge >= 0.3 is 0 Å². The molecule has 4 aromatic carbocycles.